The molecule has 0 aliphatic heterocycles. The van der Waals surface area contributed by atoms with Crippen LogP contribution in [0.2, 0.25) is 5.02 Å². The Morgan fingerprint density at radius 2 is 2.10 bits per heavy atom. The Labute approximate surface area is 138 Å². The van der Waals surface area contributed by atoms with Crippen molar-refractivity contribution < 1.29 is 4.74 Å². The number of halogens is 2. The molecule has 0 saturated carbocycles. The second-order valence-electron chi connectivity index (χ2n) is 4.46. The second-order valence-corrected chi connectivity index (χ2v) is 5.75. The highest BCUT2D eigenvalue weighted by atomic mass is 79.9. The summed E-state index contributed by atoms with van der Waals surface area (Å²) in [7, 11) is 0. The van der Waals surface area contributed by atoms with Crippen molar-refractivity contribution >= 4 is 33.3 Å². The fourth-order valence-electron chi connectivity index (χ4n) is 1.86. The lowest BCUT2D eigenvalue weighted by Crippen LogP contribution is -2.07. The van der Waals surface area contributed by atoms with E-state index in [0.717, 1.165) is 35.2 Å². The van der Waals surface area contributed by atoms with E-state index in [1.165, 1.54) is 6.33 Å². The zero-order chi connectivity index (χ0) is 15.2. The van der Waals surface area contributed by atoms with E-state index in [1.807, 2.05) is 6.07 Å². The summed E-state index contributed by atoms with van der Waals surface area (Å²) in [6.07, 6.45) is 3.33. The Morgan fingerprint density at radius 1 is 1.29 bits per heavy atom. The second kappa shape index (κ2) is 7.61. The molecule has 1 aromatic carbocycles. The molecule has 6 heteroatoms. The van der Waals surface area contributed by atoms with Crippen LogP contribution in [0.25, 0.3) is 0 Å². The molecule has 1 heterocycles. The van der Waals surface area contributed by atoms with Crippen LogP contribution in [0, 0.1) is 0 Å². The van der Waals surface area contributed by atoms with Gasteiger partial charge in [-0.15, -0.1) is 0 Å². The van der Waals surface area contributed by atoms with Gasteiger partial charge in [0.25, 0.3) is 0 Å². The molecule has 0 radical (unpaired) electrons. The van der Waals surface area contributed by atoms with E-state index in [1.54, 1.807) is 12.1 Å². The molecule has 2 rings (SSSR count). The van der Waals surface area contributed by atoms with Crippen LogP contribution < -0.4 is 10.1 Å². The summed E-state index contributed by atoms with van der Waals surface area (Å²) in [5.41, 5.74) is 0.966. The average Bonchev–Trinajstić information content (AvgIpc) is 2.48. The van der Waals surface area contributed by atoms with Gasteiger partial charge in [-0.1, -0.05) is 25.4 Å². The Kier molecular flexibility index (Phi) is 5.82. The zero-order valence-corrected chi connectivity index (χ0v) is 14.3. The number of hydrogen-bond donors (Lipinski definition) is 1. The number of benzene rings is 1. The molecule has 0 fully saturated rings. The molecule has 1 aromatic heterocycles. The third-order valence-corrected chi connectivity index (χ3v) is 3.76. The standard InChI is InChI=1S/C15H17BrClN3O/c1-3-7-18-14-11(4-2)15(20-9-19-14)21-13-6-5-10(17)8-12(13)16/h5-6,8-9H,3-4,7H2,1-2H3,(H,18,19,20). The van der Waals surface area contributed by atoms with Crippen molar-refractivity contribution in [2.75, 3.05) is 11.9 Å². The lowest BCUT2D eigenvalue weighted by atomic mass is 10.2. The average molecular weight is 371 g/mol. The molecule has 0 atom stereocenters. The molecule has 0 amide bonds. The van der Waals surface area contributed by atoms with Gasteiger partial charge in [-0.2, -0.15) is 0 Å². The van der Waals surface area contributed by atoms with Gasteiger partial charge in [0.2, 0.25) is 5.88 Å². The Morgan fingerprint density at radius 3 is 2.76 bits per heavy atom. The maximum atomic E-state index is 5.94. The molecule has 112 valence electrons. The normalized spacial score (nSPS) is 10.5. The van der Waals surface area contributed by atoms with Gasteiger partial charge in [0.05, 0.1) is 10.0 Å². The summed E-state index contributed by atoms with van der Waals surface area (Å²) in [6, 6.07) is 5.39. The van der Waals surface area contributed by atoms with Crippen molar-refractivity contribution in [2.24, 2.45) is 0 Å². The van der Waals surface area contributed by atoms with E-state index in [4.69, 9.17) is 16.3 Å². The predicted octanol–water partition coefficient (Wildman–Crippen LogP) is 5.07. The summed E-state index contributed by atoms with van der Waals surface area (Å²) in [5.74, 6) is 2.07. The van der Waals surface area contributed by atoms with Gasteiger partial charge in [0, 0.05) is 11.6 Å². The Balaban J connectivity index is 2.30. The molecular formula is C15H17BrClN3O. The minimum atomic E-state index is 0.564. The van der Waals surface area contributed by atoms with Crippen LogP contribution in [0.15, 0.2) is 29.0 Å². The van der Waals surface area contributed by atoms with Crippen molar-refractivity contribution in [3.8, 4) is 11.6 Å². The van der Waals surface area contributed by atoms with Crippen molar-refractivity contribution in [3.63, 3.8) is 0 Å². The first-order valence-electron chi connectivity index (χ1n) is 6.86. The number of ether oxygens (including phenoxy) is 1. The van der Waals surface area contributed by atoms with Crippen LogP contribution in [-0.4, -0.2) is 16.5 Å². The lowest BCUT2D eigenvalue weighted by Gasteiger charge is -2.14. The molecule has 4 nitrogen and oxygen atoms in total. The van der Waals surface area contributed by atoms with Gasteiger partial charge < -0.3 is 10.1 Å². The monoisotopic (exact) mass is 369 g/mol. The van der Waals surface area contributed by atoms with E-state index in [9.17, 15) is 0 Å². The van der Waals surface area contributed by atoms with Gasteiger partial charge in [0.15, 0.2) is 0 Å². The van der Waals surface area contributed by atoms with Crippen molar-refractivity contribution in [2.45, 2.75) is 26.7 Å². The first kappa shape index (κ1) is 16.0. The highest BCUT2D eigenvalue weighted by Crippen LogP contribution is 2.33. The van der Waals surface area contributed by atoms with Crippen LogP contribution in [0.3, 0.4) is 0 Å². The lowest BCUT2D eigenvalue weighted by molar-refractivity contribution is 0.453. The smallest absolute Gasteiger partial charge is 0.227 e. The molecule has 0 bridgehead atoms. The quantitative estimate of drug-likeness (QED) is 0.771. The van der Waals surface area contributed by atoms with Crippen LogP contribution >= 0.6 is 27.5 Å². The molecule has 0 aliphatic carbocycles. The fraction of sp³-hybridized carbons (Fsp3) is 0.333. The third kappa shape index (κ3) is 4.08. The van der Waals surface area contributed by atoms with Gasteiger partial charge in [-0.3, -0.25) is 0 Å². The summed E-state index contributed by atoms with van der Waals surface area (Å²) < 4.78 is 6.70. The highest BCUT2D eigenvalue weighted by Gasteiger charge is 2.13. The van der Waals surface area contributed by atoms with Crippen LogP contribution in [-0.2, 0) is 6.42 Å². The third-order valence-electron chi connectivity index (χ3n) is 2.90. The van der Waals surface area contributed by atoms with E-state index in [2.05, 4.69) is 45.1 Å². The molecular weight excluding hydrogens is 354 g/mol. The van der Waals surface area contributed by atoms with Crippen molar-refractivity contribution in [1.82, 2.24) is 9.97 Å². The molecule has 0 aliphatic rings. The Hall–Kier alpha value is -1.33. The topological polar surface area (TPSA) is 47.0 Å². The SMILES string of the molecule is CCCNc1ncnc(Oc2ccc(Cl)cc2Br)c1CC. The fourth-order valence-corrected chi connectivity index (χ4v) is 2.62. The zero-order valence-electron chi connectivity index (χ0n) is 12.0. The summed E-state index contributed by atoms with van der Waals surface area (Å²) >= 11 is 9.38. The first-order valence-corrected chi connectivity index (χ1v) is 8.03. The Bertz CT molecular complexity index is 622. The summed E-state index contributed by atoms with van der Waals surface area (Å²) in [6.45, 7) is 5.04. The van der Waals surface area contributed by atoms with Gasteiger partial charge in [0.1, 0.15) is 17.9 Å². The van der Waals surface area contributed by atoms with Gasteiger partial charge in [-0.25, -0.2) is 9.97 Å². The molecule has 2 aromatic rings. The van der Waals surface area contributed by atoms with Crippen LogP contribution in [0.4, 0.5) is 5.82 Å². The van der Waals surface area contributed by atoms with E-state index in [0.29, 0.717) is 16.7 Å². The van der Waals surface area contributed by atoms with Crippen molar-refractivity contribution in [1.29, 1.82) is 0 Å². The minimum Gasteiger partial charge on any atom is -0.437 e. The van der Waals surface area contributed by atoms with Gasteiger partial charge in [-0.05, 0) is 47.0 Å². The van der Waals surface area contributed by atoms with E-state index < -0.39 is 0 Å². The van der Waals surface area contributed by atoms with E-state index >= 15 is 0 Å². The van der Waals surface area contributed by atoms with Gasteiger partial charge >= 0.3 is 0 Å². The molecule has 1 N–H and O–H groups in total. The number of nitrogens with zero attached hydrogens (tertiary/aromatic N) is 2. The number of hydrogen-bond acceptors (Lipinski definition) is 4. The predicted molar refractivity (Wildman–Crippen MR) is 89.4 cm³/mol. The number of aromatic nitrogens is 2. The number of rotatable bonds is 6. The maximum absolute atomic E-state index is 5.94. The maximum Gasteiger partial charge on any atom is 0.227 e. The number of anilines is 1. The summed E-state index contributed by atoms with van der Waals surface area (Å²) in [4.78, 5) is 8.54. The largest absolute Gasteiger partial charge is 0.437 e. The molecule has 21 heavy (non-hydrogen) atoms. The summed E-state index contributed by atoms with van der Waals surface area (Å²) in [5, 5.41) is 3.95. The first-order chi connectivity index (χ1) is 10.2. The minimum absolute atomic E-state index is 0.564. The van der Waals surface area contributed by atoms with Crippen molar-refractivity contribution in [3.05, 3.63) is 39.6 Å². The van der Waals surface area contributed by atoms with Crippen LogP contribution in [0.5, 0.6) is 11.6 Å². The van der Waals surface area contributed by atoms with Crippen LogP contribution in [0.1, 0.15) is 25.8 Å². The highest BCUT2D eigenvalue weighted by molar-refractivity contribution is 9.10. The number of nitrogens with one attached hydrogen (secondary N) is 1. The molecule has 0 saturated heterocycles. The molecule has 0 spiro atoms. The van der Waals surface area contributed by atoms with E-state index in [-0.39, 0.29) is 0 Å². The molecule has 0 unspecified atom stereocenters.